The second kappa shape index (κ2) is 5.43. The molecule has 108 valence electrons. The number of nitrogens with two attached hydrogens (primary N) is 1. The van der Waals surface area contributed by atoms with Gasteiger partial charge in [0.25, 0.3) is 0 Å². The number of sulfonamides is 1. The summed E-state index contributed by atoms with van der Waals surface area (Å²) in [6.45, 7) is 1.74. The SMILES string of the molecule is Cc1c(Cl)cccc1S(=O)(=O)NCc1cnn(C)c1N. The third kappa shape index (κ3) is 2.79. The van der Waals surface area contributed by atoms with E-state index < -0.39 is 10.0 Å². The lowest BCUT2D eigenvalue weighted by molar-refractivity contribution is 0.581. The van der Waals surface area contributed by atoms with E-state index in [2.05, 4.69) is 9.82 Å². The van der Waals surface area contributed by atoms with Crippen LogP contribution in [0.2, 0.25) is 5.02 Å². The molecule has 2 aromatic rings. The van der Waals surface area contributed by atoms with Gasteiger partial charge in [-0.3, -0.25) is 4.68 Å². The van der Waals surface area contributed by atoms with Gasteiger partial charge in [0, 0.05) is 24.2 Å². The smallest absolute Gasteiger partial charge is 0.241 e. The Kier molecular flexibility index (Phi) is 4.03. The average Bonchev–Trinajstić information content (AvgIpc) is 2.71. The van der Waals surface area contributed by atoms with E-state index in [0.29, 0.717) is 22.0 Å². The number of hydrogen-bond acceptors (Lipinski definition) is 4. The summed E-state index contributed by atoms with van der Waals surface area (Å²) in [5, 5.41) is 4.37. The van der Waals surface area contributed by atoms with Crippen molar-refractivity contribution in [1.29, 1.82) is 0 Å². The molecule has 0 aliphatic heterocycles. The van der Waals surface area contributed by atoms with Crippen molar-refractivity contribution >= 4 is 27.4 Å². The Labute approximate surface area is 122 Å². The van der Waals surface area contributed by atoms with Crippen molar-refractivity contribution in [2.24, 2.45) is 7.05 Å². The van der Waals surface area contributed by atoms with Crippen molar-refractivity contribution < 1.29 is 8.42 Å². The molecule has 8 heteroatoms. The second-order valence-electron chi connectivity index (χ2n) is 4.37. The first kappa shape index (κ1) is 14.8. The summed E-state index contributed by atoms with van der Waals surface area (Å²) in [6.07, 6.45) is 1.53. The van der Waals surface area contributed by atoms with Crippen LogP contribution in [0.1, 0.15) is 11.1 Å². The predicted molar refractivity (Wildman–Crippen MR) is 77.8 cm³/mol. The summed E-state index contributed by atoms with van der Waals surface area (Å²) in [4.78, 5) is 0.160. The normalized spacial score (nSPS) is 11.8. The molecule has 20 heavy (non-hydrogen) atoms. The lowest BCUT2D eigenvalue weighted by Crippen LogP contribution is -2.24. The number of aromatic nitrogens is 2. The van der Waals surface area contributed by atoms with E-state index in [0.717, 1.165) is 0 Å². The molecule has 0 bridgehead atoms. The highest BCUT2D eigenvalue weighted by molar-refractivity contribution is 7.89. The Morgan fingerprint density at radius 3 is 2.75 bits per heavy atom. The van der Waals surface area contributed by atoms with Crippen LogP contribution in [0, 0.1) is 6.92 Å². The van der Waals surface area contributed by atoms with Gasteiger partial charge in [0.05, 0.1) is 11.1 Å². The van der Waals surface area contributed by atoms with Gasteiger partial charge in [0.2, 0.25) is 10.0 Å². The molecule has 1 aromatic heterocycles. The van der Waals surface area contributed by atoms with Crippen molar-refractivity contribution in [3.8, 4) is 0 Å². The molecular formula is C12H15ClN4O2S. The standard InChI is InChI=1S/C12H15ClN4O2S/c1-8-10(13)4-3-5-11(8)20(18,19)16-7-9-6-15-17(2)12(9)14/h3-6,16H,7,14H2,1-2H3. The van der Waals surface area contributed by atoms with E-state index in [1.807, 2.05) is 0 Å². The molecule has 0 aliphatic carbocycles. The molecule has 0 fully saturated rings. The molecule has 0 atom stereocenters. The number of anilines is 1. The molecular weight excluding hydrogens is 300 g/mol. The van der Waals surface area contributed by atoms with Gasteiger partial charge in [-0.2, -0.15) is 5.10 Å². The van der Waals surface area contributed by atoms with Crippen LogP contribution < -0.4 is 10.5 Å². The molecule has 0 aliphatic rings. The van der Waals surface area contributed by atoms with Crippen LogP contribution in [0.25, 0.3) is 0 Å². The molecule has 0 unspecified atom stereocenters. The van der Waals surface area contributed by atoms with Gasteiger partial charge in [0.15, 0.2) is 0 Å². The third-order valence-electron chi connectivity index (χ3n) is 3.02. The van der Waals surface area contributed by atoms with Crippen molar-refractivity contribution in [2.75, 3.05) is 5.73 Å². The summed E-state index contributed by atoms with van der Waals surface area (Å²) in [7, 11) is -1.96. The molecule has 3 N–H and O–H groups in total. The Balaban J connectivity index is 2.24. The molecule has 0 amide bonds. The minimum Gasteiger partial charge on any atom is -0.384 e. The highest BCUT2D eigenvalue weighted by Crippen LogP contribution is 2.23. The van der Waals surface area contributed by atoms with E-state index in [-0.39, 0.29) is 11.4 Å². The first-order valence-electron chi connectivity index (χ1n) is 5.84. The summed E-state index contributed by atoms with van der Waals surface area (Å²) in [6, 6.07) is 4.76. The lowest BCUT2D eigenvalue weighted by atomic mass is 10.2. The van der Waals surface area contributed by atoms with Gasteiger partial charge in [-0.1, -0.05) is 17.7 Å². The van der Waals surface area contributed by atoms with Gasteiger partial charge in [0.1, 0.15) is 5.82 Å². The van der Waals surface area contributed by atoms with Crippen LogP contribution in [0.3, 0.4) is 0 Å². The fraction of sp³-hybridized carbons (Fsp3) is 0.250. The number of hydrogen-bond donors (Lipinski definition) is 2. The summed E-state index contributed by atoms with van der Waals surface area (Å²) in [5.74, 6) is 0.426. The maximum Gasteiger partial charge on any atom is 0.241 e. The maximum absolute atomic E-state index is 12.3. The fourth-order valence-corrected chi connectivity index (χ4v) is 3.26. The number of aryl methyl sites for hydroxylation is 1. The summed E-state index contributed by atoms with van der Waals surface area (Å²) < 4.78 is 28.5. The topological polar surface area (TPSA) is 90.0 Å². The van der Waals surface area contributed by atoms with E-state index in [4.69, 9.17) is 17.3 Å². The van der Waals surface area contributed by atoms with Gasteiger partial charge in [-0.15, -0.1) is 0 Å². The van der Waals surface area contributed by atoms with E-state index >= 15 is 0 Å². The van der Waals surface area contributed by atoms with Gasteiger partial charge in [-0.05, 0) is 24.6 Å². The fourth-order valence-electron chi connectivity index (χ4n) is 1.76. The zero-order valence-electron chi connectivity index (χ0n) is 11.1. The second-order valence-corrected chi connectivity index (χ2v) is 6.51. The Morgan fingerprint density at radius 2 is 2.15 bits per heavy atom. The average molecular weight is 315 g/mol. The molecule has 1 heterocycles. The van der Waals surface area contributed by atoms with Crippen LogP contribution in [0.5, 0.6) is 0 Å². The van der Waals surface area contributed by atoms with Crippen molar-refractivity contribution in [3.05, 3.63) is 40.5 Å². The molecule has 0 radical (unpaired) electrons. The predicted octanol–water partition coefficient (Wildman–Crippen LogP) is 1.44. The number of nitrogens with zero attached hydrogens (tertiary/aromatic N) is 2. The maximum atomic E-state index is 12.3. The molecule has 0 spiro atoms. The number of rotatable bonds is 4. The molecule has 2 rings (SSSR count). The van der Waals surface area contributed by atoms with Crippen LogP contribution in [0.4, 0.5) is 5.82 Å². The molecule has 0 saturated heterocycles. The highest BCUT2D eigenvalue weighted by Gasteiger charge is 2.18. The van der Waals surface area contributed by atoms with E-state index in [1.165, 1.54) is 16.9 Å². The molecule has 0 saturated carbocycles. The molecule has 1 aromatic carbocycles. The first-order chi connectivity index (χ1) is 9.33. The number of halogens is 1. The van der Waals surface area contributed by atoms with Crippen LogP contribution in [-0.4, -0.2) is 18.2 Å². The third-order valence-corrected chi connectivity index (χ3v) is 4.98. The van der Waals surface area contributed by atoms with Crippen LogP contribution in [0.15, 0.2) is 29.3 Å². The number of nitrogens with one attached hydrogen (secondary N) is 1. The van der Waals surface area contributed by atoms with E-state index in [9.17, 15) is 8.42 Å². The largest absolute Gasteiger partial charge is 0.384 e. The van der Waals surface area contributed by atoms with Gasteiger partial charge < -0.3 is 5.73 Å². The Morgan fingerprint density at radius 1 is 1.45 bits per heavy atom. The number of nitrogen functional groups attached to an aromatic ring is 1. The van der Waals surface area contributed by atoms with Gasteiger partial charge >= 0.3 is 0 Å². The van der Waals surface area contributed by atoms with Crippen molar-refractivity contribution in [2.45, 2.75) is 18.4 Å². The number of benzene rings is 1. The quantitative estimate of drug-likeness (QED) is 0.893. The summed E-state index contributed by atoms with van der Waals surface area (Å²) in [5.41, 5.74) is 6.90. The monoisotopic (exact) mass is 314 g/mol. The van der Waals surface area contributed by atoms with Crippen LogP contribution >= 0.6 is 11.6 Å². The zero-order chi connectivity index (χ0) is 14.9. The summed E-state index contributed by atoms with van der Waals surface area (Å²) >= 11 is 5.94. The van der Waals surface area contributed by atoms with E-state index in [1.54, 1.807) is 26.1 Å². The Hall–Kier alpha value is -1.57. The zero-order valence-corrected chi connectivity index (χ0v) is 12.7. The first-order valence-corrected chi connectivity index (χ1v) is 7.70. The van der Waals surface area contributed by atoms with Gasteiger partial charge in [-0.25, -0.2) is 13.1 Å². The van der Waals surface area contributed by atoms with Crippen molar-refractivity contribution in [3.63, 3.8) is 0 Å². The lowest BCUT2D eigenvalue weighted by Gasteiger charge is -2.10. The minimum absolute atomic E-state index is 0.0773. The highest BCUT2D eigenvalue weighted by atomic mass is 35.5. The Bertz CT molecular complexity index is 740. The van der Waals surface area contributed by atoms with Crippen LogP contribution in [-0.2, 0) is 23.6 Å². The minimum atomic E-state index is -3.65. The van der Waals surface area contributed by atoms with Crippen molar-refractivity contribution in [1.82, 2.24) is 14.5 Å². The molecule has 6 nitrogen and oxygen atoms in total.